The summed E-state index contributed by atoms with van der Waals surface area (Å²) in [5.74, 6) is 0.00881. The number of guanidine groups is 1. The topological polar surface area (TPSA) is 78.4 Å². The molecule has 0 bridgehead atoms. The second kappa shape index (κ2) is 10.0. The predicted molar refractivity (Wildman–Crippen MR) is 129 cm³/mol. The standard InChI is InChI=1S/C25H25ClFN5O/c1-15-9-17(3-5-22(15)26)13-30-24(33)20-11-18(14-31-25-28-7-8-29-25)10-19(12-20)21-4-6-23(27)32-16(21)2/h3-6,9-12H,7-8,13-14H2,1-2H3,(H,30,33)(H2,28,29,31). The number of halogens is 2. The van der Waals surface area contributed by atoms with Crippen molar-refractivity contribution in [2.24, 2.45) is 4.99 Å². The Morgan fingerprint density at radius 1 is 1.09 bits per heavy atom. The molecular weight excluding hydrogens is 441 g/mol. The maximum atomic E-state index is 13.5. The van der Waals surface area contributed by atoms with Crippen LogP contribution in [-0.4, -0.2) is 29.9 Å². The van der Waals surface area contributed by atoms with Crippen LogP contribution in [0.4, 0.5) is 4.39 Å². The van der Waals surface area contributed by atoms with E-state index in [2.05, 4.69) is 25.9 Å². The molecule has 0 unspecified atom stereocenters. The molecule has 1 aliphatic heterocycles. The highest BCUT2D eigenvalue weighted by Gasteiger charge is 2.13. The molecule has 0 spiro atoms. The highest BCUT2D eigenvalue weighted by atomic mass is 35.5. The van der Waals surface area contributed by atoms with Gasteiger partial charge in [-0.05, 0) is 72.5 Å². The largest absolute Gasteiger partial charge is 0.355 e. The Hall–Kier alpha value is -3.45. The van der Waals surface area contributed by atoms with Crippen molar-refractivity contribution >= 4 is 23.5 Å². The molecule has 8 heteroatoms. The Labute approximate surface area is 197 Å². The molecule has 0 fully saturated rings. The van der Waals surface area contributed by atoms with E-state index in [1.165, 1.54) is 6.07 Å². The molecule has 1 aromatic heterocycles. The van der Waals surface area contributed by atoms with Crippen LogP contribution in [0.5, 0.6) is 0 Å². The normalized spacial score (nSPS) is 12.8. The zero-order valence-corrected chi connectivity index (χ0v) is 19.3. The van der Waals surface area contributed by atoms with E-state index in [4.69, 9.17) is 11.6 Å². The third kappa shape index (κ3) is 5.68. The van der Waals surface area contributed by atoms with E-state index in [-0.39, 0.29) is 5.91 Å². The van der Waals surface area contributed by atoms with E-state index in [0.29, 0.717) is 29.4 Å². The number of nitrogens with one attached hydrogen (secondary N) is 3. The van der Waals surface area contributed by atoms with Crippen LogP contribution in [0.1, 0.15) is 32.7 Å². The molecule has 0 saturated carbocycles. The first-order valence-electron chi connectivity index (χ1n) is 10.7. The number of benzene rings is 2. The van der Waals surface area contributed by atoms with Crippen molar-refractivity contribution in [3.8, 4) is 11.1 Å². The fourth-order valence-electron chi connectivity index (χ4n) is 3.72. The van der Waals surface area contributed by atoms with Crippen molar-refractivity contribution in [3.05, 3.63) is 87.4 Å². The minimum Gasteiger partial charge on any atom is -0.355 e. The molecule has 2 aromatic carbocycles. The minimum absolute atomic E-state index is 0.199. The second-order valence-electron chi connectivity index (χ2n) is 7.96. The number of nitrogens with zero attached hydrogens (tertiary/aromatic N) is 2. The van der Waals surface area contributed by atoms with Crippen LogP contribution in [0.3, 0.4) is 0 Å². The SMILES string of the molecule is Cc1cc(CNC(=O)c2cc(CNC3=NCCN3)cc(-c3ccc(F)nc3C)c2)ccc1Cl. The van der Waals surface area contributed by atoms with E-state index in [9.17, 15) is 9.18 Å². The van der Waals surface area contributed by atoms with Gasteiger partial charge in [0.1, 0.15) is 0 Å². The smallest absolute Gasteiger partial charge is 0.251 e. The van der Waals surface area contributed by atoms with Gasteiger partial charge < -0.3 is 16.0 Å². The van der Waals surface area contributed by atoms with Gasteiger partial charge in [-0.25, -0.2) is 4.98 Å². The van der Waals surface area contributed by atoms with Crippen molar-refractivity contribution in [1.29, 1.82) is 0 Å². The molecule has 6 nitrogen and oxygen atoms in total. The van der Waals surface area contributed by atoms with Gasteiger partial charge in [0.15, 0.2) is 5.96 Å². The molecule has 2 heterocycles. The van der Waals surface area contributed by atoms with Crippen LogP contribution >= 0.6 is 11.6 Å². The lowest BCUT2D eigenvalue weighted by atomic mass is 9.98. The van der Waals surface area contributed by atoms with Crippen molar-refractivity contribution in [3.63, 3.8) is 0 Å². The van der Waals surface area contributed by atoms with E-state index < -0.39 is 5.95 Å². The molecule has 0 aliphatic carbocycles. The number of amides is 1. The second-order valence-corrected chi connectivity index (χ2v) is 8.37. The number of hydrogen-bond donors (Lipinski definition) is 3. The fourth-order valence-corrected chi connectivity index (χ4v) is 3.84. The fraction of sp³-hybridized carbons (Fsp3) is 0.240. The van der Waals surface area contributed by atoms with Crippen molar-refractivity contribution in [2.75, 3.05) is 13.1 Å². The van der Waals surface area contributed by atoms with Crippen LogP contribution in [0, 0.1) is 19.8 Å². The molecule has 0 saturated heterocycles. The quantitative estimate of drug-likeness (QED) is 0.478. The molecule has 0 atom stereocenters. The highest BCUT2D eigenvalue weighted by Crippen LogP contribution is 2.25. The summed E-state index contributed by atoms with van der Waals surface area (Å²) < 4.78 is 13.5. The first-order chi connectivity index (χ1) is 15.9. The lowest BCUT2D eigenvalue weighted by Crippen LogP contribution is -2.33. The number of carbonyl (C=O) groups excluding carboxylic acids is 1. The van der Waals surface area contributed by atoms with Crippen LogP contribution in [0.25, 0.3) is 11.1 Å². The first kappa shape index (κ1) is 22.7. The lowest BCUT2D eigenvalue weighted by Gasteiger charge is -2.13. The third-order valence-corrected chi connectivity index (χ3v) is 5.85. The van der Waals surface area contributed by atoms with Crippen molar-refractivity contribution < 1.29 is 9.18 Å². The first-order valence-corrected chi connectivity index (χ1v) is 11.1. The van der Waals surface area contributed by atoms with Gasteiger partial charge >= 0.3 is 0 Å². The van der Waals surface area contributed by atoms with Gasteiger partial charge in [-0.3, -0.25) is 9.79 Å². The average Bonchev–Trinajstić information content (AvgIpc) is 3.32. The monoisotopic (exact) mass is 465 g/mol. The maximum absolute atomic E-state index is 13.5. The van der Waals surface area contributed by atoms with Crippen LogP contribution in [0.2, 0.25) is 5.02 Å². The van der Waals surface area contributed by atoms with Crippen molar-refractivity contribution in [1.82, 2.24) is 20.9 Å². The molecule has 170 valence electrons. The number of aliphatic imine (C=N–C) groups is 1. The molecule has 4 rings (SSSR count). The van der Waals surface area contributed by atoms with Gasteiger partial charge in [0.25, 0.3) is 5.91 Å². The molecule has 1 amide bonds. The van der Waals surface area contributed by atoms with Gasteiger partial charge in [-0.1, -0.05) is 23.7 Å². The number of aryl methyl sites for hydroxylation is 2. The number of hydrogen-bond acceptors (Lipinski definition) is 5. The number of carbonyl (C=O) groups is 1. The zero-order chi connectivity index (χ0) is 23.4. The Morgan fingerprint density at radius 2 is 1.94 bits per heavy atom. The number of pyridine rings is 1. The minimum atomic E-state index is -0.532. The van der Waals surface area contributed by atoms with Crippen LogP contribution in [-0.2, 0) is 13.1 Å². The summed E-state index contributed by atoms with van der Waals surface area (Å²) in [5, 5.41) is 10.1. The van der Waals surface area contributed by atoms with Crippen LogP contribution in [0.15, 0.2) is 53.5 Å². The van der Waals surface area contributed by atoms with Crippen molar-refractivity contribution in [2.45, 2.75) is 26.9 Å². The average molecular weight is 466 g/mol. The summed E-state index contributed by atoms with van der Waals surface area (Å²) in [4.78, 5) is 21.3. The van der Waals surface area contributed by atoms with E-state index in [0.717, 1.165) is 46.9 Å². The Kier molecular flexibility index (Phi) is 6.89. The number of aromatic nitrogens is 1. The molecular formula is C25H25ClFN5O. The van der Waals surface area contributed by atoms with Crippen LogP contribution < -0.4 is 16.0 Å². The highest BCUT2D eigenvalue weighted by molar-refractivity contribution is 6.31. The predicted octanol–water partition coefficient (Wildman–Crippen LogP) is 4.14. The summed E-state index contributed by atoms with van der Waals surface area (Å²) >= 11 is 6.10. The van der Waals surface area contributed by atoms with Gasteiger partial charge in [-0.15, -0.1) is 0 Å². The molecule has 3 N–H and O–H groups in total. The third-order valence-electron chi connectivity index (χ3n) is 5.43. The van der Waals surface area contributed by atoms with E-state index in [1.807, 2.05) is 37.3 Å². The van der Waals surface area contributed by atoms with Gasteiger partial charge in [0, 0.05) is 41.5 Å². The Bertz CT molecular complexity index is 1230. The molecule has 3 aromatic rings. The maximum Gasteiger partial charge on any atom is 0.251 e. The summed E-state index contributed by atoms with van der Waals surface area (Å²) in [6.45, 7) is 6.10. The van der Waals surface area contributed by atoms with E-state index in [1.54, 1.807) is 19.1 Å². The van der Waals surface area contributed by atoms with Gasteiger partial charge in [0.2, 0.25) is 5.95 Å². The van der Waals surface area contributed by atoms with Gasteiger partial charge in [-0.2, -0.15) is 4.39 Å². The Morgan fingerprint density at radius 3 is 2.67 bits per heavy atom. The number of rotatable bonds is 6. The summed E-state index contributed by atoms with van der Waals surface area (Å²) in [7, 11) is 0. The van der Waals surface area contributed by atoms with E-state index >= 15 is 0 Å². The zero-order valence-electron chi connectivity index (χ0n) is 18.5. The Balaban J connectivity index is 1.59. The lowest BCUT2D eigenvalue weighted by molar-refractivity contribution is 0.0951. The molecule has 0 radical (unpaired) electrons. The molecule has 1 aliphatic rings. The summed E-state index contributed by atoms with van der Waals surface area (Å²) in [5.41, 5.74) is 5.48. The molecule has 33 heavy (non-hydrogen) atoms. The summed E-state index contributed by atoms with van der Waals surface area (Å²) in [6.07, 6.45) is 0. The summed E-state index contributed by atoms with van der Waals surface area (Å²) in [6, 6.07) is 14.3. The van der Waals surface area contributed by atoms with Gasteiger partial charge in [0.05, 0.1) is 6.54 Å².